The lowest BCUT2D eigenvalue weighted by Gasteiger charge is -2.33. The molecule has 17 heavy (non-hydrogen) atoms. The van der Waals surface area contributed by atoms with Crippen LogP contribution in [0.1, 0.15) is 12.8 Å². The molecule has 0 aliphatic carbocycles. The van der Waals surface area contributed by atoms with Crippen LogP contribution in [-0.4, -0.2) is 19.0 Å². The molecule has 4 nitrogen and oxygen atoms in total. The number of carbonyl (C=O) groups is 1. The Hall–Kier alpha value is -1.42. The minimum Gasteiger partial charge on any atom is -0.399 e. The van der Waals surface area contributed by atoms with E-state index >= 15 is 0 Å². The van der Waals surface area contributed by atoms with Gasteiger partial charge in [-0.3, -0.25) is 4.79 Å². The number of halogens is 1. The SMILES string of the molecule is NC(=O)C1CCCN(c2ccc(N)cc2Cl)C1. The highest BCUT2D eigenvalue weighted by atomic mass is 35.5. The summed E-state index contributed by atoms with van der Waals surface area (Å²) in [4.78, 5) is 13.3. The molecule has 1 heterocycles. The zero-order valence-corrected chi connectivity index (χ0v) is 10.3. The van der Waals surface area contributed by atoms with Gasteiger partial charge in [0.25, 0.3) is 0 Å². The number of benzene rings is 1. The van der Waals surface area contributed by atoms with Crippen molar-refractivity contribution in [3.05, 3.63) is 23.2 Å². The summed E-state index contributed by atoms with van der Waals surface area (Å²) in [6.07, 6.45) is 1.81. The zero-order chi connectivity index (χ0) is 12.4. The summed E-state index contributed by atoms with van der Waals surface area (Å²) in [6.45, 7) is 1.53. The Labute approximate surface area is 106 Å². The third kappa shape index (κ3) is 2.64. The van der Waals surface area contributed by atoms with Gasteiger partial charge in [0, 0.05) is 18.8 Å². The lowest BCUT2D eigenvalue weighted by atomic mass is 9.97. The molecule has 5 heteroatoms. The molecular formula is C12H16ClN3O. The summed E-state index contributed by atoms with van der Waals surface area (Å²) < 4.78 is 0. The van der Waals surface area contributed by atoms with Crippen LogP contribution in [0.25, 0.3) is 0 Å². The van der Waals surface area contributed by atoms with Crippen LogP contribution < -0.4 is 16.4 Å². The maximum Gasteiger partial charge on any atom is 0.222 e. The van der Waals surface area contributed by atoms with Crippen LogP contribution in [0.3, 0.4) is 0 Å². The minimum absolute atomic E-state index is 0.0858. The van der Waals surface area contributed by atoms with E-state index in [1.807, 2.05) is 12.1 Å². The monoisotopic (exact) mass is 253 g/mol. The average molecular weight is 254 g/mol. The van der Waals surface area contributed by atoms with Gasteiger partial charge in [-0.1, -0.05) is 11.6 Å². The second-order valence-corrected chi connectivity index (χ2v) is 4.81. The Kier molecular flexibility index (Phi) is 3.43. The zero-order valence-electron chi connectivity index (χ0n) is 9.53. The van der Waals surface area contributed by atoms with Crippen molar-refractivity contribution in [3.8, 4) is 0 Å². The first-order valence-corrected chi connectivity index (χ1v) is 6.05. The van der Waals surface area contributed by atoms with Crippen molar-refractivity contribution < 1.29 is 4.79 Å². The Morgan fingerprint density at radius 1 is 1.47 bits per heavy atom. The van der Waals surface area contributed by atoms with Gasteiger partial charge in [-0.25, -0.2) is 0 Å². The first kappa shape index (κ1) is 12.0. The predicted octanol–water partition coefficient (Wildman–Crippen LogP) is 1.62. The molecular weight excluding hydrogens is 238 g/mol. The third-order valence-electron chi connectivity index (χ3n) is 3.14. The van der Waals surface area contributed by atoms with Crippen molar-refractivity contribution in [2.24, 2.45) is 11.7 Å². The second kappa shape index (κ2) is 4.84. The number of rotatable bonds is 2. The van der Waals surface area contributed by atoms with Gasteiger partial charge in [-0.05, 0) is 31.0 Å². The first-order chi connectivity index (χ1) is 8.08. The van der Waals surface area contributed by atoms with Crippen molar-refractivity contribution in [1.82, 2.24) is 0 Å². The molecule has 0 bridgehead atoms. The van der Waals surface area contributed by atoms with E-state index in [4.69, 9.17) is 23.1 Å². The highest BCUT2D eigenvalue weighted by Crippen LogP contribution is 2.31. The van der Waals surface area contributed by atoms with E-state index in [1.54, 1.807) is 6.07 Å². The second-order valence-electron chi connectivity index (χ2n) is 4.40. The lowest BCUT2D eigenvalue weighted by molar-refractivity contribution is -0.122. The number of hydrogen-bond donors (Lipinski definition) is 2. The van der Waals surface area contributed by atoms with E-state index in [0.717, 1.165) is 25.1 Å². The molecule has 1 saturated heterocycles. The van der Waals surface area contributed by atoms with Gasteiger partial charge >= 0.3 is 0 Å². The van der Waals surface area contributed by atoms with Crippen LogP contribution in [0.15, 0.2) is 18.2 Å². The maximum absolute atomic E-state index is 11.2. The topological polar surface area (TPSA) is 72.4 Å². The maximum atomic E-state index is 11.2. The predicted molar refractivity (Wildman–Crippen MR) is 70.0 cm³/mol. The van der Waals surface area contributed by atoms with Gasteiger partial charge in [0.05, 0.1) is 16.6 Å². The normalized spacial score (nSPS) is 20.3. The summed E-state index contributed by atoms with van der Waals surface area (Å²) in [6, 6.07) is 5.43. The van der Waals surface area contributed by atoms with Crippen LogP contribution in [0.2, 0.25) is 5.02 Å². The largest absolute Gasteiger partial charge is 0.399 e. The molecule has 4 N–H and O–H groups in total. The molecule has 1 atom stereocenters. The summed E-state index contributed by atoms with van der Waals surface area (Å²) in [5, 5.41) is 0.620. The number of hydrogen-bond acceptors (Lipinski definition) is 3. The number of nitrogens with zero attached hydrogens (tertiary/aromatic N) is 1. The number of nitrogen functional groups attached to an aromatic ring is 1. The van der Waals surface area contributed by atoms with Crippen LogP contribution in [0, 0.1) is 5.92 Å². The van der Waals surface area contributed by atoms with Crippen LogP contribution in [-0.2, 0) is 4.79 Å². The summed E-state index contributed by atoms with van der Waals surface area (Å²) in [5.74, 6) is -0.321. The van der Waals surface area contributed by atoms with Crippen molar-refractivity contribution >= 4 is 28.9 Å². The van der Waals surface area contributed by atoms with E-state index in [1.165, 1.54) is 0 Å². The van der Waals surface area contributed by atoms with Crippen LogP contribution in [0.4, 0.5) is 11.4 Å². The minimum atomic E-state index is -0.235. The Morgan fingerprint density at radius 3 is 2.88 bits per heavy atom. The summed E-state index contributed by atoms with van der Waals surface area (Å²) in [5.41, 5.74) is 12.6. The number of piperidine rings is 1. The Balaban J connectivity index is 2.19. The number of nitrogens with two attached hydrogens (primary N) is 2. The highest BCUT2D eigenvalue weighted by molar-refractivity contribution is 6.33. The van der Waals surface area contributed by atoms with Crippen molar-refractivity contribution in [2.45, 2.75) is 12.8 Å². The smallest absolute Gasteiger partial charge is 0.222 e. The number of primary amides is 1. The number of carbonyl (C=O) groups excluding carboxylic acids is 1. The fourth-order valence-electron chi connectivity index (χ4n) is 2.21. The molecule has 92 valence electrons. The third-order valence-corrected chi connectivity index (χ3v) is 3.44. The molecule has 1 aliphatic heterocycles. The first-order valence-electron chi connectivity index (χ1n) is 5.67. The lowest BCUT2D eigenvalue weighted by Crippen LogP contribution is -2.41. The molecule has 1 unspecified atom stereocenters. The van der Waals surface area contributed by atoms with E-state index < -0.39 is 0 Å². The van der Waals surface area contributed by atoms with E-state index in [9.17, 15) is 4.79 Å². The molecule has 1 aromatic rings. The van der Waals surface area contributed by atoms with Gasteiger partial charge in [0.15, 0.2) is 0 Å². The van der Waals surface area contributed by atoms with Gasteiger partial charge in [0.2, 0.25) is 5.91 Å². The summed E-state index contributed by atoms with van der Waals surface area (Å²) >= 11 is 6.15. The molecule has 0 saturated carbocycles. The number of anilines is 2. The van der Waals surface area contributed by atoms with Crippen LogP contribution >= 0.6 is 11.6 Å². The van der Waals surface area contributed by atoms with Gasteiger partial charge in [0.1, 0.15) is 0 Å². The van der Waals surface area contributed by atoms with Gasteiger partial charge < -0.3 is 16.4 Å². The molecule has 0 aromatic heterocycles. The molecule has 1 aromatic carbocycles. The molecule has 2 rings (SSSR count). The molecule has 0 spiro atoms. The van der Waals surface area contributed by atoms with Crippen molar-refractivity contribution in [1.29, 1.82) is 0 Å². The average Bonchev–Trinajstić information content (AvgIpc) is 2.29. The molecule has 1 amide bonds. The fraction of sp³-hybridized carbons (Fsp3) is 0.417. The van der Waals surface area contributed by atoms with Crippen molar-refractivity contribution in [3.63, 3.8) is 0 Å². The molecule has 1 fully saturated rings. The standard InChI is InChI=1S/C12H16ClN3O/c13-10-6-9(14)3-4-11(10)16-5-1-2-8(7-16)12(15)17/h3-4,6,8H,1-2,5,7,14H2,(H2,15,17). The van der Waals surface area contributed by atoms with Crippen molar-refractivity contribution in [2.75, 3.05) is 23.7 Å². The molecule has 1 aliphatic rings. The van der Waals surface area contributed by atoms with Gasteiger partial charge in [-0.2, -0.15) is 0 Å². The van der Waals surface area contributed by atoms with Crippen LogP contribution in [0.5, 0.6) is 0 Å². The Bertz CT molecular complexity index is 436. The van der Waals surface area contributed by atoms with E-state index in [-0.39, 0.29) is 11.8 Å². The number of amides is 1. The van der Waals surface area contributed by atoms with Gasteiger partial charge in [-0.15, -0.1) is 0 Å². The van der Waals surface area contributed by atoms with E-state index in [0.29, 0.717) is 17.3 Å². The highest BCUT2D eigenvalue weighted by Gasteiger charge is 2.25. The van der Waals surface area contributed by atoms with E-state index in [2.05, 4.69) is 4.90 Å². The fourth-order valence-corrected chi connectivity index (χ4v) is 2.52. The molecule has 0 radical (unpaired) electrons. The summed E-state index contributed by atoms with van der Waals surface area (Å²) in [7, 11) is 0. The Morgan fingerprint density at radius 2 is 2.24 bits per heavy atom. The quantitative estimate of drug-likeness (QED) is 0.787.